The topological polar surface area (TPSA) is 29.1 Å². The van der Waals surface area contributed by atoms with Crippen molar-refractivity contribution in [1.29, 1.82) is 0 Å². The van der Waals surface area contributed by atoms with Gasteiger partial charge in [0.2, 0.25) is 0 Å². The first-order chi connectivity index (χ1) is 9.80. The fourth-order valence-electron chi connectivity index (χ4n) is 2.06. The maximum atomic E-state index is 13.7. The highest BCUT2D eigenvalue weighted by Gasteiger charge is 2.29. The Kier molecular flexibility index (Phi) is 4.42. The summed E-state index contributed by atoms with van der Waals surface area (Å²) in [5.74, 6) is -2.75. The predicted octanol–water partition coefficient (Wildman–Crippen LogP) is 4.54. The van der Waals surface area contributed by atoms with Gasteiger partial charge in [0.15, 0.2) is 11.6 Å². The molecule has 1 amide bonds. The second-order valence-electron chi connectivity index (χ2n) is 5.89. The average molecular weight is 309 g/mol. The van der Waals surface area contributed by atoms with Crippen LogP contribution >= 0.6 is 11.3 Å². The number of amides is 1. The van der Waals surface area contributed by atoms with Gasteiger partial charge >= 0.3 is 0 Å². The van der Waals surface area contributed by atoms with Gasteiger partial charge in [-0.2, -0.15) is 0 Å². The SMILES string of the molecule is CC(C)(C)C(NC(=O)c1cccc(F)c1F)c1cccs1. The Hall–Kier alpha value is -1.75. The van der Waals surface area contributed by atoms with Gasteiger partial charge in [-0.3, -0.25) is 4.79 Å². The molecule has 1 N–H and O–H groups in total. The molecule has 1 unspecified atom stereocenters. The third-order valence-electron chi connectivity index (χ3n) is 3.17. The fraction of sp³-hybridized carbons (Fsp3) is 0.312. The molecule has 0 aliphatic carbocycles. The zero-order valence-corrected chi connectivity index (χ0v) is 12.9. The minimum atomic E-state index is -1.12. The van der Waals surface area contributed by atoms with E-state index in [1.807, 2.05) is 38.3 Å². The Bertz CT molecular complexity index is 632. The Labute approximate surface area is 126 Å². The molecule has 0 spiro atoms. The van der Waals surface area contributed by atoms with E-state index in [2.05, 4.69) is 5.32 Å². The zero-order chi connectivity index (χ0) is 15.6. The number of nitrogens with one attached hydrogen (secondary N) is 1. The fourth-order valence-corrected chi connectivity index (χ4v) is 3.08. The number of halogens is 2. The first kappa shape index (κ1) is 15.6. The van der Waals surface area contributed by atoms with E-state index in [0.717, 1.165) is 10.9 Å². The lowest BCUT2D eigenvalue weighted by molar-refractivity contribution is 0.0898. The van der Waals surface area contributed by atoms with E-state index in [-0.39, 0.29) is 17.0 Å². The number of carbonyl (C=O) groups excluding carboxylic acids is 1. The number of rotatable bonds is 3. The molecule has 2 nitrogen and oxygen atoms in total. The minimum Gasteiger partial charge on any atom is -0.344 e. The van der Waals surface area contributed by atoms with Gasteiger partial charge in [0.05, 0.1) is 11.6 Å². The van der Waals surface area contributed by atoms with E-state index in [1.165, 1.54) is 23.5 Å². The smallest absolute Gasteiger partial charge is 0.254 e. The largest absolute Gasteiger partial charge is 0.344 e. The summed E-state index contributed by atoms with van der Waals surface area (Å²) in [7, 11) is 0. The third kappa shape index (κ3) is 3.47. The van der Waals surface area contributed by atoms with Crippen molar-refractivity contribution in [2.75, 3.05) is 0 Å². The molecular formula is C16H17F2NOS. The minimum absolute atomic E-state index is 0.246. The molecule has 21 heavy (non-hydrogen) atoms. The summed E-state index contributed by atoms with van der Waals surface area (Å²) in [4.78, 5) is 13.2. The van der Waals surface area contributed by atoms with Gasteiger partial charge < -0.3 is 5.32 Å². The molecule has 0 saturated carbocycles. The number of benzene rings is 1. The van der Waals surface area contributed by atoms with Gasteiger partial charge in [0, 0.05) is 4.88 Å². The van der Waals surface area contributed by atoms with Gasteiger partial charge in [-0.1, -0.05) is 32.9 Å². The summed E-state index contributed by atoms with van der Waals surface area (Å²) in [6.07, 6.45) is 0. The van der Waals surface area contributed by atoms with Crippen LogP contribution < -0.4 is 5.32 Å². The van der Waals surface area contributed by atoms with Crippen LogP contribution in [0.15, 0.2) is 35.7 Å². The Morgan fingerprint density at radius 1 is 1.19 bits per heavy atom. The lowest BCUT2D eigenvalue weighted by atomic mass is 9.85. The second kappa shape index (κ2) is 5.93. The molecule has 2 rings (SSSR count). The summed E-state index contributed by atoms with van der Waals surface area (Å²) in [6, 6.07) is 7.14. The third-order valence-corrected chi connectivity index (χ3v) is 4.10. The highest BCUT2D eigenvalue weighted by atomic mass is 32.1. The van der Waals surface area contributed by atoms with E-state index in [1.54, 1.807) is 0 Å². The van der Waals surface area contributed by atoms with E-state index in [0.29, 0.717) is 0 Å². The second-order valence-corrected chi connectivity index (χ2v) is 6.87. The van der Waals surface area contributed by atoms with Crippen molar-refractivity contribution in [3.05, 3.63) is 57.8 Å². The van der Waals surface area contributed by atoms with Crippen LogP contribution in [-0.4, -0.2) is 5.91 Å². The Morgan fingerprint density at radius 3 is 2.48 bits per heavy atom. The van der Waals surface area contributed by atoms with E-state index >= 15 is 0 Å². The number of hydrogen-bond acceptors (Lipinski definition) is 2. The standard InChI is InChI=1S/C16H17F2NOS/c1-16(2,3)14(12-8-5-9-21-12)19-15(20)10-6-4-7-11(17)13(10)18/h4-9,14H,1-3H3,(H,19,20). The van der Waals surface area contributed by atoms with E-state index < -0.39 is 17.5 Å². The highest BCUT2D eigenvalue weighted by molar-refractivity contribution is 7.10. The Balaban J connectivity index is 2.29. The molecule has 0 aliphatic rings. The molecule has 0 saturated heterocycles. The monoisotopic (exact) mass is 309 g/mol. The van der Waals surface area contributed by atoms with Crippen LogP contribution in [0.5, 0.6) is 0 Å². The van der Waals surface area contributed by atoms with Crippen LogP contribution in [0.25, 0.3) is 0 Å². The zero-order valence-electron chi connectivity index (χ0n) is 12.1. The maximum absolute atomic E-state index is 13.7. The van der Waals surface area contributed by atoms with Crippen molar-refractivity contribution in [3.63, 3.8) is 0 Å². The summed E-state index contributed by atoms with van der Waals surface area (Å²) in [5, 5.41) is 4.73. The van der Waals surface area contributed by atoms with E-state index in [9.17, 15) is 13.6 Å². The summed E-state index contributed by atoms with van der Waals surface area (Å²) < 4.78 is 26.9. The highest BCUT2D eigenvalue weighted by Crippen LogP contribution is 2.35. The number of thiophene rings is 1. The van der Waals surface area contributed by atoms with Crippen LogP contribution in [0.4, 0.5) is 8.78 Å². The van der Waals surface area contributed by atoms with Crippen LogP contribution in [0, 0.1) is 17.0 Å². The van der Waals surface area contributed by atoms with Gasteiger partial charge in [0.1, 0.15) is 0 Å². The number of carbonyl (C=O) groups is 1. The lowest BCUT2D eigenvalue weighted by Crippen LogP contribution is -2.36. The summed E-state index contributed by atoms with van der Waals surface area (Å²) in [5.41, 5.74) is -0.523. The normalized spacial score (nSPS) is 13.0. The molecule has 1 aromatic heterocycles. The average Bonchev–Trinajstić information content (AvgIpc) is 2.91. The van der Waals surface area contributed by atoms with Gasteiger partial charge in [0.25, 0.3) is 5.91 Å². The van der Waals surface area contributed by atoms with Crippen LogP contribution in [0.2, 0.25) is 0 Å². The number of hydrogen-bond donors (Lipinski definition) is 1. The predicted molar refractivity (Wildman–Crippen MR) is 80.3 cm³/mol. The van der Waals surface area contributed by atoms with Crippen molar-refractivity contribution >= 4 is 17.2 Å². The molecule has 2 aromatic rings. The molecule has 1 heterocycles. The molecule has 0 fully saturated rings. The van der Waals surface area contributed by atoms with Gasteiger partial charge in [-0.25, -0.2) is 8.78 Å². The van der Waals surface area contributed by atoms with Gasteiger partial charge in [-0.05, 0) is 29.0 Å². The molecular weight excluding hydrogens is 292 g/mol. The quantitative estimate of drug-likeness (QED) is 0.886. The van der Waals surface area contributed by atoms with Crippen LogP contribution in [-0.2, 0) is 0 Å². The maximum Gasteiger partial charge on any atom is 0.254 e. The van der Waals surface area contributed by atoms with Crippen molar-refractivity contribution in [3.8, 4) is 0 Å². The summed E-state index contributed by atoms with van der Waals surface area (Å²) >= 11 is 1.52. The van der Waals surface area contributed by atoms with E-state index in [4.69, 9.17) is 0 Å². The summed E-state index contributed by atoms with van der Waals surface area (Å²) in [6.45, 7) is 5.96. The molecule has 112 valence electrons. The molecule has 5 heteroatoms. The Morgan fingerprint density at radius 2 is 1.90 bits per heavy atom. The van der Waals surface area contributed by atoms with Crippen LogP contribution in [0.1, 0.15) is 42.0 Å². The molecule has 1 atom stereocenters. The van der Waals surface area contributed by atoms with Crippen molar-refractivity contribution in [1.82, 2.24) is 5.32 Å². The molecule has 0 bridgehead atoms. The first-order valence-corrected chi connectivity index (χ1v) is 7.47. The molecule has 1 aromatic carbocycles. The van der Waals surface area contributed by atoms with Crippen LogP contribution in [0.3, 0.4) is 0 Å². The lowest BCUT2D eigenvalue weighted by Gasteiger charge is -2.30. The van der Waals surface area contributed by atoms with Gasteiger partial charge in [-0.15, -0.1) is 11.3 Å². The van der Waals surface area contributed by atoms with Crippen molar-refractivity contribution < 1.29 is 13.6 Å². The molecule has 0 radical (unpaired) electrons. The van der Waals surface area contributed by atoms with Crippen molar-refractivity contribution in [2.45, 2.75) is 26.8 Å². The first-order valence-electron chi connectivity index (χ1n) is 6.59. The molecule has 0 aliphatic heterocycles. The van der Waals surface area contributed by atoms with Crippen molar-refractivity contribution in [2.24, 2.45) is 5.41 Å².